The van der Waals surface area contributed by atoms with Gasteiger partial charge in [-0.05, 0) is 24.3 Å². The maximum Gasteiger partial charge on any atom is 0.225 e. The molecule has 0 aromatic carbocycles. The Morgan fingerprint density at radius 1 is 0.815 bits per heavy atom. The standard InChI is InChI=1S/C19H18N8/c1-2-15(14-20-5-1)16-3-6-22-19(24-16)26-12-10-25(11-13-26)18-17-4-7-23-27(17)9-8-21-18/h1-9,14H,10-13H2. The molecule has 27 heavy (non-hydrogen) atoms. The van der Waals surface area contributed by atoms with Gasteiger partial charge in [0, 0.05) is 62.7 Å². The Bertz CT molecular complexity index is 1050. The van der Waals surface area contributed by atoms with Crippen LogP contribution in [0.4, 0.5) is 11.8 Å². The van der Waals surface area contributed by atoms with Gasteiger partial charge in [0.25, 0.3) is 0 Å². The molecule has 4 aromatic heterocycles. The zero-order valence-electron chi connectivity index (χ0n) is 14.7. The minimum atomic E-state index is 0.756. The molecule has 0 aliphatic carbocycles. The molecule has 0 N–H and O–H groups in total. The Labute approximate surface area is 156 Å². The van der Waals surface area contributed by atoms with E-state index in [2.05, 4.69) is 29.9 Å². The molecule has 0 bridgehead atoms. The monoisotopic (exact) mass is 358 g/mol. The molecule has 0 amide bonds. The summed E-state index contributed by atoms with van der Waals surface area (Å²) in [5.74, 6) is 1.73. The quantitative estimate of drug-likeness (QED) is 0.554. The van der Waals surface area contributed by atoms with Gasteiger partial charge < -0.3 is 9.80 Å². The summed E-state index contributed by atoms with van der Waals surface area (Å²) in [6.07, 6.45) is 10.9. The lowest BCUT2D eigenvalue weighted by atomic mass is 10.2. The van der Waals surface area contributed by atoms with Crippen LogP contribution in [-0.2, 0) is 0 Å². The fourth-order valence-corrected chi connectivity index (χ4v) is 3.38. The fraction of sp³-hybridized carbons (Fsp3) is 0.211. The number of pyridine rings is 1. The Morgan fingerprint density at radius 3 is 2.56 bits per heavy atom. The summed E-state index contributed by atoms with van der Waals surface area (Å²) >= 11 is 0. The molecule has 1 aliphatic heterocycles. The molecule has 1 aliphatic rings. The van der Waals surface area contributed by atoms with Crippen LogP contribution in [0.15, 0.2) is 61.4 Å². The number of anilines is 2. The van der Waals surface area contributed by atoms with E-state index in [9.17, 15) is 0 Å². The van der Waals surface area contributed by atoms with Crippen LogP contribution < -0.4 is 9.80 Å². The van der Waals surface area contributed by atoms with Crippen LogP contribution in [0.3, 0.4) is 0 Å². The third kappa shape index (κ3) is 2.95. The van der Waals surface area contributed by atoms with E-state index in [-0.39, 0.29) is 0 Å². The molecule has 4 aromatic rings. The van der Waals surface area contributed by atoms with Crippen LogP contribution in [0.2, 0.25) is 0 Å². The highest BCUT2D eigenvalue weighted by Gasteiger charge is 2.22. The molecule has 0 saturated carbocycles. The van der Waals surface area contributed by atoms with Crippen LogP contribution in [0.25, 0.3) is 16.8 Å². The highest BCUT2D eigenvalue weighted by Crippen LogP contribution is 2.22. The smallest absolute Gasteiger partial charge is 0.225 e. The molecule has 0 unspecified atom stereocenters. The van der Waals surface area contributed by atoms with Crippen LogP contribution in [0.5, 0.6) is 0 Å². The van der Waals surface area contributed by atoms with E-state index >= 15 is 0 Å². The van der Waals surface area contributed by atoms with Crippen molar-refractivity contribution in [1.82, 2.24) is 29.5 Å². The summed E-state index contributed by atoms with van der Waals surface area (Å²) < 4.78 is 1.86. The van der Waals surface area contributed by atoms with E-state index in [0.717, 1.165) is 54.7 Å². The van der Waals surface area contributed by atoms with Crippen molar-refractivity contribution in [2.75, 3.05) is 36.0 Å². The largest absolute Gasteiger partial charge is 0.351 e. The maximum atomic E-state index is 4.73. The molecule has 0 atom stereocenters. The molecular formula is C19H18N8. The van der Waals surface area contributed by atoms with Crippen molar-refractivity contribution < 1.29 is 0 Å². The number of nitrogens with zero attached hydrogens (tertiary/aromatic N) is 8. The molecule has 134 valence electrons. The van der Waals surface area contributed by atoms with Gasteiger partial charge in [-0.15, -0.1) is 0 Å². The summed E-state index contributed by atoms with van der Waals surface area (Å²) in [5.41, 5.74) is 2.92. The average Bonchev–Trinajstić information content (AvgIpc) is 3.24. The van der Waals surface area contributed by atoms with Gasteiger partial charge in [0.2, 0.25) is 5.95 Å². The van der Waals surface area contributed by atoms with Crippen LogP contribution in [-0.4, -0.2) is 55.7 Å². The molecule has 5 rings (SSSR count). The molecule has 0 radical (unpaired) electrons. The Balaban J connectivity index is 1.34. The van der Waals surface area contributed by atoms with Crippen molar-refractivity contribution in [2.24, 2.45) is 0 Å². The topological polar surface area (TPSA) is 75.3 Å². The van der Waals surface area contributed by atoms with Crippen molar-refractivity contribution in [2.45, 2.75) is 0 Å². The second-order valence-electron chi connectivity index (χ2n) is 6.37. The predicted octanol–water partition coefficient (Wildman–Crippen LogP) is 1.91. The summed E-state index contributed by atoms with van der Waals surface area (Å²) in [4.78, 5) is 22.4. The SMILES string of the molecule is c1cncc(-c2ccnc(N3CCN(c4nccn5nccc45)CC3)n2)c1. The average molecular weight is 358 g/mol. The third-order valence-corrected chi connectivity index (χ3v) is 4.77. The molecule has 8 nitrogen and oxygen atoms in total. The highest BCUT2D eigenvalue weighted by molar-refractivity contribution is 5.68. The van der Waals surface area contributed by atoms with Crippen LogP contribution >= 0.6 is 0 Å². The summed E-state index contributed by atoms with van der Waals surface area (Å²) in [6, 6.07) is 7.84. The second kappa shape index (κ2) is 6.64. The maximum absolute atomic E-state index is 4.73. The zero-order valence-corrected chi connectivity index (χ0v) is 14.7. The van der Waals surface area contributed by atoms with Crippen LogP contribution in [0, 0.1) is 0 Å². The lowest BCUT2D eigenvalue weighted by Crippen LogP contribution is -2.47. The van der Waals surface area contributed by atoms with Crippen molar-refractivity contribution >= 4 is 17.3 Å². The van der Waals surface area contributed by atoms with Gasteiger partial charge in [-0.2, -0.15) is 5.10 Å². The van der Waals surface area contributed by atoms with E-state index in [0.29, 0.717) is 0 Å². The van der Waals surface area contributed by atoms with Crippen LogP contribution in [0.1, 0.15) is 0 Å². The Morgan fingerprint density at radius 2 is 1.70 bits per heavy atom. The minimum absolute atomic E-state index is 0.756. The first-order valence-electron chi connectivity index (χ1n) is 8.90. The van der Waals surface area contributed by atoms with Crippen molar-refractivity contribution in [3.8, 4) is 11.3 Å². The van der Waals surface area contributed by atoms with E-state index in [1.165, 1.54) is 0 Å². The number of piperazine rings is 1. The lowest BCUT2D eigenvalue weighted by Gasteiger charge is -2.35. The number of aromatic nitrogens is 6. The summed E-state index contributed by atoms with van der Waals surface area (Å²) in [6.45, 7) is 3.40. The van der Waals surface area contributed by atoms with Gasteiger partial charge >= 0.3 is 0 Å². The van der Waals surface area contributed by atoms with Gasteiger partial charge in [0.15, 0.2) is 5.82 Å². The van der Waals surface area contributed by atoms with E-state index < -0.39 is 0 Å². The second-order valence-corrected chi connectivity index (χ2v) is 6.37. The summed E-state index contributed by atoms with van der Waals surface area (Å²) in [5, 5.41) is 4.29. The Hall–Kier alpha value is -3.55. The first-order chi connectivity index (χ1) is 13.4. The molecule has 8 heteroatoms. The van der Waals surface area contributed by atoms with E-state index in [1.54, 1.807) is 18.6 Å². The third-order valence-electron chi connectivity index (χ3n) is 4.77. The Kier molecular flexibility index (Phi) is 3.86. The number of fused-ring (bicyclic) bond motifs is 1. The highest BCUT2D eigenvalue weighted by atomic mass is 15.3. The van der Waals surface area contributed by atoms with Crippen molar-refractivity contribution in [1.29, 1.82) is 0 Å². The zero-order chi connectivity index (χ0) is 18.1. The number of hydrogen-bond acceptors (Lipinski definition) is 7. The minimum Gasteiger partial charge on any atom is -0.351 e. The molecule has 1 fully saturated rings. The first-order valence-corrected chi connectivity index (χ1v) is 8.90. The first kappa shape index (κ1) is 15.7. The normalized spacial score (nSPS) is 14.7. The van der Waals surface area contributed by atoms with Crippen molar-refractivity contribution in [3.63, 3.8) is 0 Å². The van der Waals surface area contributed by atoms with Gasteiger partial charge in [-0.1, -0.05) is 0 Å². The summed E-state index contributed by atoms with van der Waals surface area (Å²) in [7, 11) is 0. The lowest BCUT2D eigenvalue weighted by molar-refractivity contribution is 0.635. The van der Waals surface area contributed by atoms with Gasteiger partial charge in [-0.25, -0.2) is 19.5 Å². The molecule has 1 saturated heterocycles. The van der Waals surface area contributed by atoms with Gasteiger partial charge in [0.05, 0.1) is 11.9 Å². The predicted molar refractivity (Wildman–Crippen MR) is 103 cm³/mol. The van der Waals surface area contributed by atoms with E-state index in [4.69, 9.17) is 4.98 Å². The fourth-order valence-electron chi connectivity index (χ4n) is 3.38. The van der Waals surface area contributed by atoms with Gasteiger partial charge in [-0.3, -0.25) is 4.98 Å². The number of hydrogen-bond donors (Lipinski definition) is 0. The van der Waals surface area contributed by atoms with Crippen molar-refractivity contribution in [3.05, 3.63) is 61.4 Å². The van der Waals surface area contributed by atoms with E-state index in [1.807, 2.05) is 47.4 Å². The number of rotatable bonds is 3. The molecule has 5 heterocycles. The molecule has 0 spiro atoms. The molecular weight excluding hydrogens is 340 g/mol. The van der Waals surface area contributed by atoms with Gasteiger partial charge in [0.1, 0.15) is 5.52 Å².